The van der Waals surface area contributed by atoms with Gasteiger partial charge in [-0.15, -0.1) is 0 Å². The van der Waals surface area contributed by atoms with Crippen molar-refractivity contribution in [2.75, 3.05) is 0 Å². The molecule has 4 heteroatoms. The van der Waals surface area contributed by atoms with E-state index in [1.54, 1.807) is 6.92 Å². The molecule has 0 aromatic rings. The van der Waals surface area contributed by atoms with Crippen LogP contribution in [0.4, 0.5) is 0 Å². The molecule has 0 aliphatic heterocycles. The van der Waals surface area contributed by atoms with Crippen LogP contribution in [-0.4, -0.2) is 23.2 Å². The predicted octanol–water partition coefficient (Wildman–Crippen LogP) is -1.25. The van der Waals surface area contributed by atoms with E-state index in [4.69, 9.17) is 16.6 Å². The standard InChI is InChI=1S/C4H10N2O2/c1-2(5)3(6)4(7)8/h2-3H,5-6H2,1H3,(H,7,8)/t2-,3+/m0/s1. The Morgan fingerprint density at radius 2 is 2.00 bits per heavy atom. The van der Waals surface area contributed by atoms with E-state index in [-0.39, 0.29) is 0 Å². The first kappa shape index (κ1) is 7.39. The first-order chi connectivity index (χ1) is 3.55. The summed E-state index contributed by atoms with van der Waals surface area (Å²) in [5.74, 6) is -1.06. The van der Waals surface area contributed by atoms with E-state index in [0.29, 0.717) is 0 Å². The lowest BCUT2D eigenvalue weighted by Crippen LogP contribution is -2.44. The van der Waals surface area contributed by atoms with Crippen molar-refractivity contribution in [1.82, 2.24) is 0 Å². The number of hydrogen-bond donors (Lipinski definition) is 3. The fourth-order valence-corrected chi connectivity index (χ4v) is 0.225. The molecule has 0 rings (SSSR count). The van der Waals surface area contributed by atoms with Crippen molar-refractivity contribution in [3.8, 4) is 0 Å². The summed E-state index contributed by atoms with van der Waals surface area (Å²) in [5.41, 5.74) is 10.2. The highest BCUT2D eigenvalue weighted by Crippen LogP contribution is 1.82. The van der Waals surface area contributed by atoms with Gasteiger partial charge in [0.2, 0.25) is 0 Å². The molecule has 4 nitrogen and oxygen atoms in total. The number of aliphatic carboxylic acids is 1. The van der Waals surface area contributed by atoms with Crippen molar-refractivity contribution in [2.24, 2.45) is 11.5 Å². The Bertz CT molecular complexity index is 92.0. The number of carboxylic acid groups (broad SMARTS) is 1. The highest BCUT2D eigenvalue weighted by Gasteiger charge is 2.14. The van der Waals surface area contributed by atoms with Crippen LogP contribution in [0.1, 0.15) is 6.92 Å². The summed E-state index contributed by atoms with van der Waals surface area (Å²) in [4.78, 5) is 9.94. The first-order valence-electron chi connectivity index (χ1n) is 2.29. The maximum Gasteiger partial charge on any atom is 0.322 e. The van der Waals surface area contributed by atoms with E-state index in [2.05, 4.69) is 0 Å². The second-order valence-corrected chi connectivity index (χ2v) is 1.72. The SMILES string of the molecule is C[C@H](N)[C@@H](N)C(=O)O. The third-order valence-electron chi connectivity index (χ3n) is 0.852. The number of carbonyl (C=O) groups is 1. The zero-order valence-corrected chi connectivity index (χ0v) is 4.66. The molecule has 0 bridgehead atoms. The predicted molar refractivity (Wildman–Crippen MR) is 29.3 cm³/mol. The molecule has 0 aliphatic carbocycles. The molecule has 0 amide bonds. The van der Waals surface area contributed by atoms with Crippen molar-refractivity contribution in [2.45, 2.75) is 19.0 Å². The molecule has 0 aromatic heterocycles. The molecule has 0 saturated heterocycles. The summed E-state index contributed by atoms with van der Waals surface area (Å²) in [6.07, 6.45) is 0. The third kappa shape index (κ3) is 1.90. The van der Waals surface area contributed by atoms with Crippen molar-refractivity contribution >= 4 is 5.97 Å². The van der Waals surface area contributed by atoms with Crippen LogP contribution in [0.5, 0.6) is 0 Å². The number of nitrogens with two attached hydrogens (primary N) is 2. The van der Waals surface area contributed by atoms with Gasteiger partial charge in [0, 0.05) is 6.04 Å². The van der Waals surface area contributed by atoms with Gasteiger partial charge in [0.05, 0.1) is 0 Å². The number of carboxylic acids is 1. The molecule has 8 heavy (non-hydrogen) atoms. The summed E-state index contributed by atoms with van der Waals surface area (Å²) in [6, 6.07) is -1.41. The van der Waals surface area contributed by atoms with Gasteiger partial charge in [-0.1, -0.05) is 0 Å². The van der Waals surface area contributed by atoms with Crippen molar-refractivity contribution in [1.29, 1.82) is 0 Å². The van der Waals surface area contributed by atoms with E-state index in [9.17, 15) is 4.79 Å². The van der Waals surface area contributed by atoms with Crippen molar-refractivity contribution in [3.05, 3.63) is 0 Å². The Hall–Kier alpha value is -0.610. The van der Waals surface area contributed by atoms with Crippen LogP contribution in [0.15, 0.2) is 0 Å². The van der Waals surface area contributed by atoms with E-state index in [0.717, 1.165) is 0 Å². The second kappa shape index (κ2) is 2.64. The van der Waals surface area contributed by atoms with E-state index >= 15 is 0 Å². The van der Waals surface area contributed by atoms with E-state index in [1.165, 1.54) is 0 Å². The van der Waals surface area contributed by atoms with Gasteiger partial charge in [0.1, 0.15) is 6.04 Å². The van der Waals surface area contributed by atoms with Crippen LogP contribution in [-0.2, 0) is 4.79 Å². The first-order valence-corrected chi connectivity index (χ1v) is 2.29. The Morgan fingerprint density at radius 1 is 1.62 bits per heavy atom. The Balaban J connectivity index is 3.64. The maximum absolute atomic E-state index is 9.94. The zero-order valence-electron chi connectivity index (χ0n) is 4.66. The molecule has 0 saturated carbocycles. The van der Waals surface area contributed by atoms with Gasteiger partial charge >= 0.3 is 5.97 Å². The molecule has 5 N–H and O–H groups in total. The van der Waals surface area contributed by atoms with E-state index in [1.807, 2.05) is 0 Å². The van der Waals surface area contributed by atoms with Crippen LogP contribution < -0.4 is 11.5 Å². The largest absolute Gasteiger partial charge is 0.480 e. The van der Waals surface area contributed by atoms with Crippen LogP contribution in [0.2, 0.25) is 0 Å². The molecule has 0 radical (unpaired) electrons. The Labute approximate surface area is 47.5 Å². The molecule has 48 valence electrons. The minimum absolute atomic E-state index is 0.479. The van der Waals surface area contributed by atoms with Gasteiger partial charge in [-0.05, 0) is 6.92 Å². The highest BCUT2D eigenvalue weighted by atomic mass is 16.4. The molecule has 2 atom stereocenters. The van der Waals surface area contributed by atoms with Gasteiger partial charge in [-0.3, -0.25) is 4.79 Å². The zero-order chi connectivity index (χ0) is 6.73. The van der Waals surface area contributed by atoms with Gasteiger partial charge in [-0.2, -0.15) is 0 Å². The fourth-order valence-electron chi connectivity index (χ4n) is 0.225. The normalized spacial score (nSPS) is 17.4. The summed E-state index contributed by atoms with van der Waals surface area (Å²) in [5, 5.41) is 8.15. The van der Waals surface area contributed by atoms with Gasteiger partial charge in [-0.25, -0.2) is 0 Å². The smallest absolute Gasteiger partial charge is 0.322 e. The lowest BCUT2D eigenvalue weighted by Gasteiger charge is -2.08. The minimum Gasteiger partial charge on any atom is -0.480 e. The molecule has 0 spiro atoms. The Kier molecular flexibility index (Phi) is 2.44. The van der Waals surface area contributed by atoms with Crippen LogP contribution >= 0.6 is 0 Å². The second-order valence-electron chi connectivity index (χ2n) is 1.72. The summed E-state index contributed by atoms with van der Waals surface area (Å²) < 4.78 is 0. The van der Waals surface area contributed by atoms with Crippen LogP contribution in [0.3, 0.4) is 0 Å². The topological polar surface area (TPSA) is 89.3 Å². The van der Waals surface area contributed by atoms with Gasteiger partial charge in [0.25, 0.3) is 0 Å². The minimum atomic E-state index is -1.06. The summed E-state index contributed by atoms with van der Waals surface area (Å²) in [7, 11) is 0. The molecule has 0 aromatic carbocycles. The quantitative estimate of drug-likeness (QED) is 0.422. The molecular weight excluding hydrogens is 108 g/mol. The van der Waals surface area contributed by atoms with Crippen molar-refractivity contribution in [3.63, 3.8) is 0 Å². The molecule has 0 unspecified atom stereocenters. The number of hydrogen-bond acceptors (Lipinski definition) is 3. The van der Waals surface area contributed by atoms with Crippen LogP contribution in [0, 0.1) is 0 Å². The fraction of sp³-hybridized carbons (Fsp3) is 0.750. The summed E-state index contributed by atoms with van der Waals surface area (Å²) in [6.45, 7) is 1.55. The molecular formula is C4H10N2O2. The molecule has 0 heterocycles. The van der Waals surface area contributed by atoms with E-state index < -0.39 is 18.1 Å². The maximum atomic E-state index is 9.94. The van der Waals surface area contributed by atoms with Gasteiger partial charge in [0.15, 0.2) is 0 Å². The lowest BCUT2D eigenvalue weighted by atomic mass is 10.2. The number of rotatable bonds is 2. The molecule has 0 aliphatic rings. The third-order valence-corrected chi connectivity index (χ3v) is 0.852. The lowest BCUT2D eigenvalue weighted by molar-refractivity contribution is -0.138. The Morgan fingerprint density at radius 3 is 2.00 bits per heavy atom. The van der Waals surface area contributed by atoms with Gasteiger partial charge < -0.3 is 16.6 Å². The monoisotopic (exact) mass is 118 g/mol. The average Bonchev–Trinajstić information content (AvgIpc) is 1.64. The average molecular weight is 118 g/mol. The molecule has 0 fully saturated rings. The van der Waals surface area contributed by atoms with Crippen LogP contribution in [0.25, 0.3) is 0 Å². The highest BCUT2D eigenvalue weighted by molar-refractivity contribution is 5.73. The van der Waals surface area contributed by atoms with Crippen molar-refractivity contribution < 1.29 is 9.90 Å². The summed E-state index contributed by atoms with van der Waals surface area (Å²) >= 11 is 0.